The molecule has 3 heteroatoms. The Morgan fingerprint density at radius 3 is 2.65 bits per heavy atom. The maximum atomic E-state index is 12.7. The first-order valence-corrected chi connectivity index (χ1v) is 7.46. The lowest BCUT2D eigenvalue weighted by atomic mass is 9.94. The highest BCUT2D eigenvalue weighted by molar-refractivity contribution is 7.86. The molecule has 2 nitrogen and oxygen atoms in total. The van der Waals surface area contributed by atoms with E-state index in [4.69, 9.17) is 0 Å². The SMILES string of the molecule is CCC1(c2ccccc2)CN(C)CC(C)S1=O. The Hall–Kier alpha value is -0.670. The van der Waals surface area contributed by atoms with E-state index in [0.717, 1.165) is 19.5 Å². The van der Waals surface area contributed by atoms with Gasteiger partial charge in [-0.15, -0.1) is 0 Å². The second-order valence-corrected chi connectivity index (χ2v) is 7.20. The average molecular weight is 251 g/mol. The van der Waals surface area contributed by atoms with E-state index in [1.165, 1.54) is 5.56 Å². The molecule has 0 spiro atoms. The first-order chi connectivity index (χ1) is 8.10. The molecular formula is C14H21NOS. The van der Waals surface area contributed by atoms with Crippen LogP contribution < -0.4 is 0 Å². The molecule has 1 saturated heterocycles. The minimum atomic E-state index is -0.795. The van der Waals surface area contributed by atoms with Gasteiger partial charge in [-0.3, -0.25) is 4.21 Å². The lowest BCUT2D eigenvalue weighted by molar-refractivity contribution is 0.270. The molecular weight excluding hydrogens is 230 g/mol. The number of benzene rings is 1. The second-order valence-electron chi connectivity index (χ2n) is 5.02. The van der Waals surface area contributed by atoms with Crippen molar-refractivity contribution in [2.75, 3.05) is 20.1 Å². The molecule has 1 aliphatic heterocycles. The van der Waals surface area contributed by atoms with Crippen molar-refractivity contribution in [3.05, 3.63) is 35.9 Å². The van der Waals surface area contributed by atoms with Gasteiger partial charge in [0, 0.05) is 29.1 Å². The van der Waals surface area contributed by atoms with E-state index >= 15 is 0 Å². The highest BCUT2D eigenvalue weighted by Crippen LogP contribution is 2.37. The Morgan fingerprint density at radius 1 is 1.41 bits per heavy atom. The van der Waals surface area contributed by atoms with Crippen LogP contribution >= 0.6 is 0 Å². The zero-order chi connectivity index (χ0) is 12.5. The van der Waals surface area contributed by atoms with E-state index in [9.17, 15) is 4.21 Å². The van der Waals surface area contributed by atoms with Gasteiger partial charge in [-0.1, -0.05) is 37.3 Å². The van der Waals surface area contributed by atoms with Crippen LogP contribution in [0.2, 0.25) is 0 Å². The van der Waals surface area contributed by atoms with Crippen LogP contribution in [0, 0.1) is 0 Å². The molecule has 1 aromatic carbocycles. The number of hydrogen-bond donors (Lipinski definition) is 0. The summed E-state index contributed by atoms with van der Waals surface area (Å²) in [5, 5.41) is 0.244. The van der Waals surface area contributed by atoms with Crippen LogP contribution in [0.4, 0.5) is 0 Å². The van der Waals surface area contributed by atoms with Gasteiger partial charge in [0.1, 0.15) is 0 Å². The van der Waals surface area contributed by atoms with Crippen LogP contribution in [0.15, 0.2) is 30.3 Å². The maximum Gasteiger partial charge on any atom is 0.0834 e. The average Bonchev–Trinajstić information content (AvgIpc) is 2.35. The number of nitrogens with zero attached hydrogens (tertiary/aromatic N) is 1. The van der Waals surface area contributed by atoms with Gasteiger partial charge in [-0.2, -0.15) is 0 Å². The molecule has 0 radical (unpaired) electrons. The Kier molecular flexibility index (Phi) is 3.69. The van der Waals surface area contributed by atoms with Crippen molar-refractivity contribution >= 4 is 10.8 Å². The molecule has 1 aromatic rings. The number of hydrogen-bond acceptors (Lipinski definition) is 2. The Morgan fingerprint density at radius 2 is 2.06 bits per heavy atom. The van der Waals surface area contributed by atoms with Gasteiger partial charge in [0.05, 0.1) is 4.75 Å². The van der Waals surface area contributed by atoms with Crippen molar-refractivity contribution in [1.29, 1.82) is 0 Å². The summed E-state index contributed by atoms with van der Waals surface area (Å²) < 4.78 is 12.5. The third-order valence-electron chi connectivity index (χ3n) is 3.72. The fraction of sp³-hybridized carbons (Fsp3) is 0.571. The maximum absolute atomic E-state index is 12.7. The quantitative estimate of drug-likeness (QED) is 0.804. The zero-order valence-electron chi connectivity index (χ0n) is 10.8. The van der Waals surface area contributed by atoms with E-state index in [1.54, 1.807) is 0 Å². The van der Waals surface area contributed by atoms with E-state index in [2.05, 4.69) is 37.9 Å². The van der Waals surface area contributed by atoms with E-state index < -0.39 is 10.8 Å². The highest BCUT2D eigenvalue weighted by Gasteiger charge is 2.43. The van der Waals surface area contributed by atoms with E-state index in [0.29, 0.717) is 0 Å². The normalized spacial score (nSPS) is 34.8. The molecule has 1 heterocycles. The van der Waals surface area contributed by atoms with Gasteiger partial charge in [0.2, 0.25) is 0 Å². The van der Waals surface area contributed by atoms with Crippen LogP contribution in [-0.2, 0) is 15.5 Å². The molecule has 94 valence electrons. The summed E-state index contributed by atoms with van der Waals surface area (Å²) in [6.45, 7) is 6.07. The molecule has 17 heavy (non-hydrogen) atoms. The summed E-state index contributed by atoms with van der Waals surface area (Å²) in [5.41, 5.74) is 1.22. The fourth-order valence-electron chi connectivity index (χ4n) is 2.86. The topological polar surface area (TPSA) is 20.3 Å². The summed E-state index contributed by atoms with van der Waals surface area (Å²) in [6, 6.07) is 10.3. The predicted octanol–water partition coefficient (Wildman–Crippen LogP) is 2.37. The molecule has 2 rings (SSSR count). The van der Waals surface area contributed by atoms with Gasteiger partial charge in [0.15, 0.2) is 0 Å². The standard InChI is InChI=1S/C14H21NOS/c1-4-14(13-8-6-5-7-9-13)11-15(3)10-12(2)17(14)16/h5-9,12H,4,10-11H2,1-3H3. The highest BCUT2D eigenvalue weighted by atomic mass is 32.2. The van der Waals surface area contributed by atoms with E-state index in [1.807, 2.05) is 18.2 Å². The molecule has 0 N–H and O–H groups in total. The van der Waals surface area contributed by atoms with Gasteiger partial charge >= 0.3 is 0 Å². The molecule has 0 aromatic heterocycles. The van der Waals surface area contributed by atoms with Crippen LogP contribution in [0.3, 0.4) is 0 Å². The molecule has 0 bridgehead atoms. The second kappa shape index (κ2) is 4.91. The smallest absolute Gasteiger partial charge is 0.0834 e. The van der Waals surface area contributed by atoms with Crippen molar-refractivity contribution in [2.24, 2.45) is 0 Å². The van der Waals surface area contributed by atoms with Crippen LogP contribution in [0.1, 0.15) is 25.8 Å². The third kappa shape index (κ3) is 2.18. The molecule has 0 saturated carbocycles. The van der Waals surface area contributed by atoms with Gasteiger partial charge in [-0.05, 0) is 26.0 Å². The molecule has 0 aliphatic carbocycles. The summed E-state index contributed by atoms with van der Waals surface area (Å²) in [7, 11) is 1.33. The first kappa shape index (κ1) is 12.8. The zero-order valence-corrected chi connectivity index (χ0v) is 11.7. The summed E-state index contributed by atoms with van der Waals surface area (Å²) in [4.78, 5) is 2.31. The Labute approximate surface area is 106 Å². The van der Waals surface area contributed by atoms with Gasteiger partial charge in [-0.25, -0.2) is 0 Å². The Bertz CT molecular complexity index is 406. The lowest BCUT2D eigenvalue weighted by Crippen LogP contribution is -2.53. The molecule has 0 amide bonds. The van der Waals surface area contributed by atoms with Crippen molar-refractivity contribution in [2.45, 2.75) is 30.3 Å². The van der Waals surface area contributed by atoms with Crippen molar-refractivity contribution < 1.29 is 4.21 Å². The molecule has 3 unspecified atom stereocenters. The monoisotopic (exact) mass is 251 g/mol. The van der Waals surface area contributed by atoms with E-state index in [-0.39, 0.29) is 10.00 Å². The minimum Gasteiger partial charge on any atom is -0.303 e. The number of rotatable bonds is 2. The lowest BCUT2D eigenvalue weighted by Gasteiger charge is -2.43. The van der Waals surface area contributed by atoms with Gasteiger partial charge in [0.25, 0.3) is 0 Å². The Balaban J connectivity index is 2.45. The van der Waals surface area contributed by atoms with Crippen LogP contribution in [0.25, 0.3) is 0 Å². The van der Waals surface area contributed by atoms with Crippen molar-refractivity contribution in [1.82, 2.24) is 4.90 Å². The van der Waals surface area contributed by atoms with Crippen molar-refractivity contribution in [3.8, 4) is 0 Å². The van der Waals surface area contributed by atoms with Gasteiger partial charge < -0.3 is 4.90 Å². The van der Waals surface area contributed by atoms with Crippen molar-refractivity contribution in [3.63, 3.8) is 0 Å². The first-order valence-electron chi connectivity index (χ1n) is 6.25. The minimum absolute atomic E-state index is 0.187. The molecule has 1 aliphatic rings. The molecule has 3 atom stereocenters. The predicted molar refractivity (Wildman–Crippen MR) is 73.5 cm³/mol. The van der Waals surface area contributed by atoms with Crippen LogP contribution in [0.5, 0.6) is 0 Å². The van der Waals surface area contributed by atoms with Crippen LogP contribution in [-0.4, -0.2) is 34.5 Å². The number of likely N-dealkylation sites (N-methyl/N-ethyl adjacent to an activating group) is 1. The molecule has 1 fully saturated rings. The largest absolute Gasteiger partial charge is 0.303 e. The fourth-order valence-corrected chi connectivity index (χ4v) is 5.02. The third-order valence-corrected chi connectivity index (χ3v) is 6.02. The summed E-state index contributed by atoms with van der Waals surface area (Å²) >= 11 is 0. The summed E-state index contributed by atoms with van der Waals surface area (Å²) in [5.74, 6) is 0. The summed E-state index contributed by atoms with van der Waals surface area (Å²) in [6.07, 6.45) is 0.929.